The van der Waals surface area contributed by atoms with Crippen molar-refractivity contribution in [2.45, 2.75) is 45.3 Å². The molecule has 0 aliphatic heterocycles. The number of imidazole rings is 1. The number of hydrogen-bond acceptors (Lipinski definition) is 5. The topological polar surface area (TPSA) is 77.2 Å². The first-order valence-corrected chi connectivity index (χ1v) is 10.9. The number of halogens is 1. The normalized spacial score (nSPS) is 13.0. The van der Waals surface area contributed by atoms with Crippen molar-refractivity contribution in [1.29, 1.82) is 0 Å². The number of aliphatic hydroxyl groups is 1. The summed E-state index contributed by atoms with van der Waals surface area (Å²) >= 11 is 6.40. The van der Waals surface area contributed by atoms with Crippen LogP contribution < -0.4 is 0 Å². The van der Waals surface area contributed by atoms with Gasteiger partial charge in [-0.25, -0.2) is 4.98 Å². The van der Waals surface area contributed by atoms with Gasteiger partial charge in [-0.1, -0.05) is 49.2 Å². The number of nitrogens with zero attached hydrogens (tertiary/aromatic N) is 3. The van der Waals surface area contributed by atoms with Crippen LogP contribution in [0.15, 0.2) is 55.0 Å². The summed E-state index contributed by atoms with van der Waals surface area (Å²) in [5.41, 5.74) is 2.35. The highest BCUT2D eigenvalue weighted by atomic mass is 35.5. The molecule has 164 valence electrons. The zero-order valence-electron chi connectivity index (χ0n) is 17.9. The van der Waals surface area contributed by atoms with E-state index in [1.807, 2.05) is 34.9 Å². The molecule has 0 radical (unpaired) electrons. The summed E-state index contributed by atoms with van der Waals surface area (Å²) in [6.45, 7) is 2.59. The number of aliphatic hydroxyl groups excluding tert-OH is 1. The van der Waals surface area contributed by atoms with E-state index in [-0.39, 0.29) is 0 Å². The number of ether oxygens (including phenoxy) is 1. The number of carbonyl (C=O) groups excluding carboxylic acids is 1. The lowest BCUT2D eigenvalue weighted by atomic mass is 9.93. The van der Waals surface area contributed by atoms with Crippen molar-refractivity contribution in [3.05, 3.63) is 82.7 Å². The van der Waals surface area contributed by atoms with Crippen LogP contribution in [0.4, 0.5) is 0 Å². The lowest BCUT2D eigenvalue weighted by Gasteiger charge is -2.23. The maximum absolute atomic E-state index is 12.6. The van der Waals surface area contributed by atoms with Gasteiger partial charge in [0, 0.05) is 23.8 Å². The number of pyridine rings is 1. The summed E-state index contributed by atoms with van der Waals surface area (Å²) in [4.78, 5) is 21.3. The molecule has 0 fully saturated rings. The molecule has 6 nitrogen and oxygen atoms in total. The fourth-order valence-electron chi connectivity index (χ4n) is 3.63. The van der Waals surface area contributed by atoms with E-state index in [2.05, 4.69) is 16.9 Å². The van der Waals surface area contributed by atoms with Crippen LogP contribution >= 0.6 is 11.6 Å². The highest BCUT2D eigenvalue weighted by Gasteiger charge is 2.32. The first-order valence-electron chi connectivity index (χ1n) is 10.5. The predicted molar refractivity (Wildman–Crippen MR) is 120 cm³/mol. The Morgan fingerprint density at radius 3 is 2.71 bits per heavy atom. The number of methoxy groups -OCH3 is 1. The molecule has 2 unspecified atom stereocenters. The number of aryl methyl sites for hydroxylation is 1. The maximum atomic E-state index is 12.6. The zero-order valence-corrected chi connectivity index (χ0v) is 18.6. The van der Waals surface area contributed by atoms with Gasteiger partial charge in [0.15, 0.2) is 0 Å². The second-order valence-corrected chi connectivity index (χ2v) is 7.93. The number of rotatable bonds is 10. The molecule has 3 aromatic rings. The SMILES string of the molecule is CCCCc1ncc(C(O)C(Cc2cccnc2)C(=O)OC)n1Cc1ccccc1Cl. The highest BCUT2D eigenvalue weighted by Crippen LogP contribution is 2.29. The number of benzene rings is 1. The standard InChI is InChI=1S/C24H28ClN3O3/c1-3-4-11-22-27-15-21(28(22)16-18-9-5-6-10-20(18)25)23(29)19(24(30)31-2)13-17-8-7-12-26-14-17/h5-10,12,14-15,19,23,29H,3-4,11,13,16H2,1-2H3. The van der Waals surface area contributed by atoms with E-state index in [1.165, 1.54) is 7.11 Å². The van der Waals surface area contributed by atoms with Gasteiger partial charge in [-0.15, -0.1) is 0 Å². The Morgan fingerprint density at radius 2 is 2.03 bits per heavy atom. The van der Waals surface area contributed by atoms with E-state index in [4.69, 9.17) is 16.3 Å². The van der Waals surface area contributed by atoms with Crippen molar-refractivity contribution in [3.63, 3.8) is 0 Å². The Labute approximate surface area is 187 Å². The molecule has 0 saturated carbocycles. The third kappa shape index (κ3) is 5.71. The molecule has 2 heterocycles. The van der Waals surface area contributed by atoms with Crippen LogP contribution in [0.25, 0.3) is 0 Å². The van der Waals surface area contributed by atoms with Gasteiger partial charge in [-0.3, -0.25) is 9.78 Å². The smallest absolute Gasteiger partial charge is 0.312 e. The lowest BCUT2D eigenvalue weighted by Crippen LogP contribution is -2.28. The first-order chi connectivity index (χ1) is 15.0. The van der Waals surface area contributed by atoms with Gasteiger partial charge in [0.1, 0.15) is 11.9 Å². The van der Waals surface area contributed by atoms with E-state index < -0.39 is 18.0 Å². The Kier molecular flexibility index (Phi) is 8.20. The Hall–Kier alpha value is -2.70. The quantitative estimate of drug-likeness (QED) is 0.472. The van der Waals surface area contributed by atoms with Crippen molar-refractivity contribution in [1.82, 2.24) is 14.5 Å². The molecule has 0 aliphatic carbocycles. The van der Waals surface area contributed by atoms with E-state index in [0.717, 1.165) is 36.2 Å². The van der Waals surface area contributed by atoms with Gasteiger partial charge in [0.05, 0.1) is 31.5 Å². The summed E-state index contributed by atoms with van der Waals surface area (Å²) in [6.07, 6.45) is 7.03. The van der Waals surface area contributed by atoms with Gasteiger partial charge in [-0.05, 0) is 36.1 Å². The monoisotopic (exact) mass is 441 g/mol. The summed E-state index contributed by atoms with van der Waals surface area (Å²) < 4.78 is 6.98. The van der Waals surface area contributed by atoms with Crippen LogP contribution in [0.1, 0.15) is 48.5 Å². The van der Waals surface area contributed by atoms with Crippen LogP contribution in [-0.4, -0.2) is 32.7 Å². The van der Waals surface area contributed by atoms with Crippen LogP contribution in [0.5, 0.6) is 0 Å². The second-order valence-electron chi connectivity index (χ2n) is 7.52. The second kappa shape index (κ2) is 11.1. The van der Waals surface area contributed by atoms with E-state index >= 15 is 0 Å². The largest absolute Gasteiger partial charge is 0.469 e. The van der Waals surface area contributed by atoms with Crippen molar-refractivity contribution >= 4 is 17.6 Å². The Balaban J connectivity index is 1.97. The molecule has 0 spiro atoms. The molecular weight excluding hydrogens is 414 g/mol. The molecule has 2 atom stereocenters. The molecule has 3 rings (SSSR count). The van der Waals surface area contributed by atoms with Gasteiger partial charge >= 0.3 is 5.97 Å². The minimum atomic E-state index is -1.09. The predicted octanol–water partition coefficient (Wildman–Crippen LogP) is 4.39. The first kappa shape index (κ1) is 23.0. The van der Waals surface area contributed by atoms with E-state index in [1.54, 1.807) is 24.7 Å². The van der Waals surface area contributed by atoms with E-state index in [0.29, 0.717) is 23.7 Å². The summed E-state index contributed by atoms with van der Waals surface area (Å²) in [7, 11) is 1.33. The molecule has 0 saturated heterocycles. The Bertz CT molecular complexity index is 991. The number of unbranched alkanes of at least 4 members (excludes halogenated alkanes) is 1. The van der Waals surface area contributed by atoms with Crippen molar-refractivity contribution in [2.24, 2.45) is 5.92 Å². The molecule has 1 aromatic carbocycles. The van der Waals surface area contributed by atoms with Crippen LogP contribution in [0.3, 0.4) is 0 Å². The zero-order chi connectivity index (χ0) is 22.2. The van der Waals surface area contributed by atoms with Gasteiger partial charge in [0.25, 0.3) is 0 Å². The van der Waals surface area contributed by atoms with Gasteiger partial charge in [0.2, 0.25) is 0 Å². The van der Waals surface area contributed by atoms with E-state index in [9.17, 15) is 9.90 Å². The summed E-state index contributed by atoms with van der Waals surface area (Å²) in [6, 6.07) is 11.3. The number of carbonyl (C=O) groups is 1. The van der Waals surface area contributed by atoms with Crippen LogP contribution in [0.2, 0.25) is 5.02 Å². The lowest BCUT2D eigenvalue weighted by molar-refractivity contribution is -0.149. The summed E-state index contributed by atoms with van der Waals surface area (Å²) in [5, 5.41) is 11.9. The number of esters is 1. The molecule has 7 heteroatoms. The number of aromatic nitrogens is 3. The number of hydrogen-bond donors (Lipinski definition) is 1. The molecular formula is C24H28ClN3O3. The molecule has 0 bridgehead atoms. The molecule has 31 heavy (non-hydrogen) atoms. The van der Waals surface area contributed by atoms with Crippen LogP contribution in [-0.2, 0) is 28.9 Å². The maximum Gasteiger partial charge on any atom is 0.312 e. The summed E-state index contributed by atoms with van der Waals surface area (Å²) in [5.74, 6) is -0.396. The van der Waals surface area contributed by atoms with Crippen LogP contribution in [0, 0.1) is 5.92 Å². The minimum absolute atomic E-state index is 0.309. The third-order valence-electron chi connectivity index (χ3n) is 5.38. The average Bonchev–Trinajstić information content (AvgIpc) is 3.19. The molecule has 1 N–H and O–H groups in total. The highest BCUT2D eigenvalue weighted by molar-refractivity contribution is 6.31. The van der Waals surface area contributed by atoms with Crippen molar-refractivity contribution < 1.29 is 14.6 Å². The average molecular weight is 442 g/mol. The fourth-order valence-corrected chi connectivity index (χ4v) is 3.83. The molecule has 2 aromatic heterocycles. The fraction of sp³-hybridized carbons (Fsp3) is 0.375. The molecule has 0 amide bonds. The van der Waals surface area contributed by atoms with Gasteiger partial charge in [-0.2, -0.15) is 0 Å². The minimum Gasteiger partial charge on any atom is -0.469 e. The van der Waals surface area contributed by atoms with Gasteiger partial charge < -0.3 is 14.4 Å². The Morgan fingerprint density at radius 1 is 1.23 bits per heavy atom. The molecule has 0 aliphatic rings. The third-order valence-corrected chi connectivity index (χ3v) is 5.74. The van der Waals surface area contributed by atoms with Crippen molar-refractivity contribution in [3.8, 4) is 0 Å². The van der Waals surface area contributed by atoms with Crippen molar-refractivity contribution in [2.75, 3.05) is 7.11 Å².